The lowest BCUT2D eigenvalue weighted by molar-refractivity contribution is -0.140. The van der Waals surface area contributed by atoms with E-state index in [0.29, 0.717) is 5.92 Å². The largest absolute Gasteiger partial charge is 0.480 e. The van der Waals surface area contributed by atoms with Crippen LogP contribution in [0.2, 0.25) is 0 Å². The summed E-state index contributed by atoms with van der Waals surface area (Å²) in [6, 6.07) is -0.404. The summed E-state index contributed by atoms with van der Waals surface area (Å²) in [5.74, 6) is 0.867. The van der Waals surface area contributed by atoms with Crippen molar-refractivity contribution in [3.63, 3.8) is 0 Å². The Morgan fingerprint density at radius 3 is 2.33 bits per heavy atom. The Hall–Kier alpha value is -0.570. The van der Waals surface area contributed by atoms with Crippen molar-refractivity contribution in [3.8, 4) is 0 Å². The van der Waals surface area contributed by atoms with Crippen LogP contribution in [0.15, 0.2) is 0 Å². The maximum atomic E-state index is 11.1. The summed E-state index contributed by atoms with van der Waals surface area (Å²) >= 11 is 0. The van der Waals surface area contributed by atoms with Crippen LogP contribution >= 0.6 is 0 Å². The summed E-state index contributed by atoms with van der Waals surface area (Å²) in [5.41, 5.74) is 0. The van der Waals surface area contributed by atoms with Crippen molar-refractivity contribution >= 4 is 5.97 Å². The predicted molar refractivity (Wildman–Crippen MR) is 74.6 cm³/mol. The van der Waals surface area contributed by atoms with E-state index in [4.69, 9.17) is 5.11 Å². The van der Waals surface area contributed by atoms with Gasteiger partial charge in [-0.25, -0.2) is 0 Å². The summed E-state index contributed by atoms with van der Waals surface area (Å²) in [6.07, 6.45) is 8.16. The van der Waals surface area contributed by atoms with E-state index < -0.39 is 12.0 Å². The van der Waals surface area contributed by atoms with E-state index in [1.807, 2.05) is 13.8 Å². The molecule has 1 fully saturated rings. The molecule has 0 spiro atoms. The molecule has 3 heteroatoms. The molecule has 106 valence electrons. The van der Waals surface area contributed by atoms with Crippen LogP contribution in [0.25, 0.3) is 0 Å². The third-order valence-corrected chi connectivity index (χ3v) is 4.08. The van der Waals surface area contributed by atoms with E-state index in [0.717, 1.165) is 12.5 Å². The molecule has 2 N–H and O–H groups in total. The van der Waals surface area contributed by atoms with Crippen molar-refractivity contribution in [2.75, 3.05) is 6.54 Å². The zero-order valence-electron chi connectivity index (χ0n) is 12.1. The molecule has 0 saturated heterocycles. The van der Waals surface area contributed by atoms with Gasteiger partial charge in [-0.2, -0.15) is 0 Å². The van der Waals surface area contributed by atoms with Gasteiger partial charge in [0.15, 0.2) is 0 Å². The highest BCUT2D eigenvalue weighted by Gasteiger charge is 2.22. The Balaban J connectivity index is 2.26. The Morgan fingerprint density at radius 2 is 1.83 bits per heavy atom. The van der Waals surface area contributed by atoms with E-state index >= 15 is 0 Å². The van der Waals surface area contributed by atoms with Crippen molar-refractivity contribution < 1.29 is 9.90 Å². The lowest BCUT2D eigenvalue weighted by Gasteiger charge is -2.26. The zero-order chi connectivity index (χ0) is 13.5. The van der Waals surface area contributed by atoms with E-state index in [1.54, 1.807) is 0 Å². The Kier molecular flexibility index (Phi) is 6.69. The van der Waals surface area contributed by atoms with E-state index in [9.17, 15) is 4.79 Å². The molecule has 1 aliphatic carbocycles. The van der Waals surface area contributed by atoms with Crippen LogP contribution in [-0.2, 0) is 4.79 Å². The molecule has 0 radical (unpaired) electrons. The van der Waals surface area contributed by atoms with Gasteiger partial charge in [0.1, 0.15) is 6.04 Å². The molecule has 0 aromatic rings. The number of carbonyl (C=O) groups is 1. The van der Waals surface area contributed by atoms with Gasteiger partial charge in [-0.05, 0) is 30.7 Å². The molecule has 1 saturated carbocycles. The van der Waals surface area contributed by atoms with Gasteiger partial charge in [-0.1, -0.05) is 52.9 Å². The number of carboxylic acids is 1. The Labute approximate surface area is 111 Å². The van der Waals surface area contributed by atoms with Crippen molar-refractivity contribution in [1.29, 1.82) is 0 Å². The third-order valence-electron chi connectivity index (χ3n) is 4.08. The van der Waals surface area contributed by atoms with E-state index in [-0.39, 0.29) is 5.92 Å². The molecule has 2 atom stereocenters. The monoisotopic (exact) mass is 255 g/mol. The van der Waals surface area contributed by atoms with Crippen LogP contribution in [0.5, 0.6) is 0 Å². The smallest absolute Gasteiger partial charge is 0.320 e. The molecule has 0 aromatic carbocycles. The molecular weight excluding hydrogens is 226 g/mol. The SMILES string of the molecule is CC(CN[C@H](C(=O)O)C(C)C)CC1CCCCC1. The van der Waals surface area contributed by atoms with Crippen LogP contribution in [-0.4, -0.2) is 23.7 Å². The highest BCUT2D eigenvalue weighted by Crippen LogP contribution is 2.28. The zero-order valence-corrected chi connectivity index (χ0v) is 12.1. The van der Waals surface area contributed by atoms with Gasteiger partial charge in [0.05, 0.1) is 0 Å². The molecule has 1 rings (SSSR count). The first-order valence-corrected chi connectivity index (χ1v) is 7.47. The second-order valence-corrected chi connectivity index (χ2v) is 6.31. The molecule has 0 heterocycles. The van der Waals surface area contributed by atoms with Crippen molar-refractivity contribution in [3.05, 3.63) is 0 Å². The number of rotatable bonds is 7. The van der Waals surface area contributed by atoms with Gasteiger partial charge in [0.2, 0.25) is 0 Å². The van der Waals surface area contributed by atoms with Gasteiger partial charge in [0.25, 0.3) is 0 Å². The van der Waals surface area contributed by atoms with Gasteiger partial charge < -0.3 is 10.4 Å². The van der Waals surface area contributed by atoms with Gasteiger partial charge >= 0.3 is 5.97 Å². The van der Waals surface area contributed by atoms with E-state index in [2.05, 4.69) is 12.2 Å². The number of hydrogen-bond acceptors (Lipinski definition) is 2. The lowest BCUT2D eigenvalue weighted by Crippen LogP contribution is -2.43. The second-order valence-electron chi connectivity index (χ2n) is 6.31. The first-order valence-electron chi connectivity index (χ1n) is 7.47. The minimum Gasteiger partial charge on any atom is -0.480 e. The predicted octanol–water partition coefficient (Wildman–Crippen LogP) is 3.29. The third kappa shape index (κ3) is 5.38. The maximum absolute atomic E-state index is 11.1. The van der Waals surface area contributed by atoms with Crippen molar-refractivity contribution in [1.82, 2.24) is 5.32 Å². The normalized spacial score (nSPS) is 20.9. The van der Waals surface area contributed by atoms with Crippen molar-refractivity contribution in [2.45, 2.75) is 65.3 Å². The standard InChI is InChI=1S/C15H29NO2/c1-11(2)14(15(17)18)16-10-12(3)9-13-7-5-4-6-8-13/h11-14,16H,4-10H2,1-3H3,(H,17,18)/t12?,14-/m0/s1. The Bertz CT molecular complexity index is 247. The number of hydrogen-bond donors (Lipinski definition) is 2. The molecule has 0 aromatic heterocycles. The number of carboxylic acid groups (broad SMARTS) is 1. The molecule has 18 heavy (non-hydrogen) atoms. The van der Waals surface area contributed by atoms with Crippen molar-refractivity contribution in [2.24, 2.45) is 17.8 Å². The summed E-state index contributed by atoms with van der Waals surface area (Å²) < 4.78 is 0. The average Bonchev–Trinajstić information content (AvgIpc) is 2.29. The van der Waals surface area contributed by atoms with Crippen LogP contribution < -0.4 is 5.32 Å². The first-order chi connectivity index (χ1) is 8.50. The van der Waals surface area contributed by atoms with E-state index in [1.165, 1.54) is 38.5 Å². The fourth-order valence-corrected chi connectivity index (χ4v) is 3.01. The summed E-state index contributed by atoms with van der Waals surface area (Å²) in [4.78, 5) is 11.1. The van der Waals surface area contributed by atoms with Gasteiger partial charge in [-0.15, -0.1) is 0 Å². The molecule has 1 unspecified atom stereocenters. The molecule has 0 amide bonds. The van der Waals surface area contributed by atoms with Gasteiger partial charge in [-0.3, -0.25) is 4.79 Å². The van der Waals surface area contributed by atoms with Gasteiger partial charge in [0, 0.05) is 0 Å². The number of nitrogens with one attached hydrogen (secondary N) is 1. The summed E-state index contributed by atoms with van der Waals surface area (Å²) in [6.45, 7) is 6.97. The fourth-order valence-electron chi connectivity index (χ4n) is 3.01. The highest BCUT2D eigenvalue weighted by molar-refractivity contribution is 5.73. The van der Waals surface area contributed by atoms with Crippen LogP contribution in [0, 0.1) is 17.8 Å². The summed E-state index contributed by atoms with van der Waals surface area (Å²) in [5, 5.41) is 12.3. The second kappa shape index (κ2) is 7.78. The van der Waals surface area contributed by atoms with Crippen LogP contribution in [0.3, 0.4) is 0 Å². The first kappa shape index (κ1) is 15.5. The minimum atomic E-state index is -0.727. The topological polar surface area (TPSA) is 49.3 Å². The molecular formula is C15H29NO2. The molecule has 0 bridgehead atoms. The van der Waals surface area contributed by atoms with Crippen LogP contribution in [0.4, 0.5) is 0 Å². The molecule has 1 aliphatic rings. The molecule has 3 nitrogen and oxygen atoms in total. The highest BCUT2D eigenvalue weighted by atomic mass is 16.4. The summed E-state index contributed by atoms with van der Waals surface area (Å²) in [7, 11) is 0. The maximum Gasteiger partial charge on any atom is 0.320 e. The quantitative estimate of drug-likeness (QED) is 0.734. The fraction of sp³-hybridized carbons (Fsp3) is 0.933. The molecule has 0 aliphatic heterocycles. The average molecular weight is 255 g/mol. The minimum absolute atomic E-state index is 0.143. The van der Waals surface area contributed by atoms with Crippen LogP contribution in [0.1, 0.15) is 59.3 Å². The number of aliphatic carboxylic acids is 1. The lowest BCUT2D eigenvalue weighted by atomic mass is 9.83. The Morgan fingerprint density at radius 1 is 1.22 bits per heavy atom.